The van der Waals surface area contributed by atoms with Crippen molar-refractivity contribution in [2.45, 2.75) is 53.9 Å². The van der Waals surface area contributed by atoms with Gasteiger partial charge in [0.2, 0.25) is 5.78 Å². The maximum absolute atomic E-state index is 13.4. The lowest BCUT2D eigenvalue weighted by atomic mass is 10.1. The zero-order chi connectivity index (χ0) is 20.9. The molecule has 0 unspecified atom stereocenters. The first kappa shape index (κ1) is 20.0. The van der Waals surface area contributed by atoms with Gasteiger partial charge < -0.3 is 4.90 Å². The van der Waals surface area contributed by atoms with Crippen LogP contribution in [0.5, 0.6) is 0 Å². The second-order valence-corrected chi connectivity index (χ2v) is 8.83. The highest BCUT2D eigenvalue weighted by Crippen LogP contribution is 2.32. The third kappa shape index (κ3) is 3.57. The van der Waals surface area contributed by atoms with E-state index in [0.29, 0.717) is 22.5 Å². The van der Waals surface area contributed by atoms with E-state index in [1.54, 1.807) is 0 Å². The highest BCUT2D eigenvalue weighted by atomic mass is 35.5. The average molecular weight is 413 g/mol. The van der Waals surface area contributed by atoms with Crippen molar-refractivity contribution in [2.24, 2.45) is 5.92 Å². The fraction of sp³-hybridized carbons (Fsp3) is 0.478. The Kier molecular flexibility index (Phi) is 5.19. The van der Waals surface area contributed by atoms with E-state index >= 15 is 0 Å². The summed E-state index contributed by atoms with van der Waals surface area (Å²) in [6.07, 6.45) is 5.22. The molecule has 0 bridgehead atoms. The summed E-state index contributed by atoms with van der Waals surface area (Å²) in [6, 6.07) is 4.30. The molecule has 154 valence electrons. The minimum Gasteiger partial charge on any atom is -0.337 e. The van der Waals surface area contributed by atoms with Gasteiger partial charge in [-0.3, -0.25) is 13.8 Å². The van der Waals surface area contributed by atoms with E-state index in [1.165, 1.54) is 18.4 Å². The van der Waals surface area contributed by atoms with Crippen LogP contribution in [0.3, 0.4) is 0 Å². The number of nitrogens with zero attached hydrogens (tertiary/aromatic N) is 4. The molecular formula is C23H29ClN4O. The van der Waals surface area contributed by atoms with E-state index in [2.05, 4.69) is 39.8 Å². The zero-order valence-electron chi connectivity index (χ0n) is 17.9. The SMILES string of the molecule is CCCN(CC1CC1)C(=O)c1c(C)nc2n(-c3c(C)cc(C)cc3C)c(Cl)cn12. The summed E-state index contributed by atoms with van der Waals surface area (Å²) in [4.78, 5) is 20.2. The molecule has 1 amide bonds. The Labute approximate surface area is 177 Å². The highest BCUT2D eigenvalue weighted by Gasteiger charge is 2.30. The Morgan fingerprint density at radius 3 is 2.45 bits per heavy atom. The third-order valence-corrected chi connectivity index (χ3v) is 6.00. The van der Waals surface area contributed by atoms with Gasteiger partial charge in [-0.25, -0.2) is 4.98 Å². The van der Waals surface area contributed by atoms with E-state index < -0.39 is 0 Å². The van der Waals surface area contributed by atoms with Gasteiger partial charge in [-0.2, -0.15) is 0 Å². The molecule has 0 aliphatic heterocycles. The van der Waals surface area contributed by atoms with E-state index in [-0.39, 0.29) is 5.91 Å². The predicted molar refractivity (Wildman–Crippen MR) is 117 cm³/mol. The number of carbonyl (C=O) groups excluding carboxylic acids is 1. The number of hydrogen-bond acceptors (Lipinski definition) is 2. The first-order valence-electron chi connectivity index (χ1n) is 10.4. The normalized spacial score (nSPS) is 14.0. The van der Waals surface area contributed by atoms with Crippen molar-refractivity contribution >= 4 is 23.3 Å². The Balaban J connectivity index is 1.84. The molecule has 0 radical (unpaired) electrons. The summed E-state index contributed by atoms with van der Waals surface area (Å²) in [7, 11) is 0. The summed E-state index contributed by atoms with van der Waals surface area (Å²) < 4.78 is 3.83. The number of hydrogen-bond donors (Lipinski definition) is 0. The second-order valence-electron chi connectivity index (χ2n) is 8.44. The largest absolute Gasteiger partial charge is 0.337 e. The van der Waals surface area contributed by atoms with Gasteiger partial charge in [0.1, 0.15) is 10.8 Å². The maximum Gasteiger partial charge on any atom is 0.272 e. The van der Waals surface area contributed by atoms with Crippen LogP contribution in [0.15, 0.2) is 18.3 Å². The van der Waals surface area contributed by atoms with Gasteiger partial charge in [0.25, 0.3) is 5.91 Å². The number of amides is 1. The van der Waals surface area contributed by atoms with Crippen LogP contribution < -0.4 is 0 Å². The number of rotatable bonds is 6. The van der Waals surface area contributed by atoms with Crippen molar-refractivity contribution in [3.63, 3.8) is 0 Å². The van der Waals surface area contributed by atoms with Crippen LogP contribution >= 0.6 is 11.6 Å². The standard InChI is InChI=1S/C23H29ClN4O/c1-6-9-26(12-18-7-8-18)22(29)21-17(5)25-23-27(21)13-19(24)28(23)20-15(3)10-14(2)11-16(20)4/h10-11,13,18H,6-9,12H2,1-5H3. The molecule has 1 saturated carbocycles. The molecule has 0 saturated heterocycles. The van der Waals surface area contributed by atoms with Gasteiger partial charge in [-0.15, -0.1) is 0 Å². The first-order valence-corrected chi connectivity index (χ1v) is 10.8. The molecule has 1 aliphatic carbocycles. The lowest BCUT2D eigenvalue weighted by molar-refractivity contribution is 0.0740. The number of aromatic nitrogens is 3. The van der Waals surface area contributed by atoms with Gasteiger partial charge >= 0.3 is 0 Å². The average Bonchev–Trinajstić information content (AvgIpc) is 3.33. The van der Waals surface area contributed by atoms with E-state index in [4.69, 9.17) is 16.6 Å². The minimum atomic E-state index is 0.0508. The number of imidazole rings is 2. The molecule has 4 rings (SSSR count). The van der Waals surface area contributed by atoms with E-state index in [0.717, 1.165) is 42.0 Å². The second kappa shape index (κ2) is 7.52. The Bertz CT molecular complexity index is 1070. The summed E-state index contributed by atoms with van der Waals surface area (Å²) in [6.45, 7) is 11.9. The summed E-state index contributed by atoms with van der Waals surface area (Å²) in [5.74, 6) is 1.39. The van der Waals surface area contributed by atoms with Crippen LogP contribution in [0.1, 0.15) is 59.1 Å². The van der Waals surface area contributed by atoms with E-state index in [1.807, 2.05) is 27.0 Å². The van der Waals surface area contributed by atoms with Crippen molar-refractivity contribution < 1.29 is 4.79 Å². The molecule has 1 fully saturated rings. The van der Waals surface area contributed by atoms with Gasteiger partial charge in [0.05, 0.1) is 11.4 Å². The number of fused-ring (bicyclic) bond motifs is 1. The zero-order valence-corrected chi connectivity index (χ0v) is 18.7. The fourth-order valence-electron chi connectivity index (χ4n) is 4.37. The van der Waals surface area contributed by atoms with Crippen LogP contribution in [-0.4, -0.2) is 37.8 Å². The number of aryl methyl sites for hydroxylation is 4. The number of halogens is 1. The smallest absolute Gasteiger partial charge is 0.272 e. The van der Waals surface area contributed by atoms with Crippen LogP contribution in [0, 0.1) is 33.6 Å². The molecule has 2 aromatic heterocycles. The molecule has 5 nitrogen and oxygen atoms in total. The lowest BCUT2D eigenvalue weighted by Gasteiger charge is -2.21. The van der Waals surface area contributed by atoms with Crippen LogP contribution in [0.2, 0.25) is 5.15 Å². The van der Waals surface area contributed by atoms with E-state index in [9.17, 15) is 4.79 Å². The van der Waals surface area contributed by atoms with Crippen LogP contribution in [-0.2, 0) is 0 Å². The molecule has 0 atom stereocenters. The molecule has 3 aromatic rings. The van der Waals surface area contributed by atoms with Gasteiger partial charge in [-0.05, 0) is 64.0 Å². The van der Waals surface area contributed by atoms with Gasteiger partial charge in [-0.1, -0.05) is 36.2 Å². The van der Waals surface area contributed by atoms with Crippen LogP contribution in [0.4, 0.5) is 0 Å². The highest BCUT2D eigenvalue weighted by molar-refractivity contribution is 6.30. The predicted octanol–water partition coefficient (Wildman–Crippen LogP) is 5.27. The lowest BCUT2D eigenvalue weighted by Crippen LogP contribution is -2.34. The van der Waals surface area contributed by atoms with Gasteiger partial charge in [0.15, 0.2) is 0 Å². The third-order valence-electron chi connectivity index (χ3n) is 5.73. The molecule has 29 heavy (non-hydrogen) atoms. The maximum atomic E-state index is 13.4. The Morgan fingerprint density at radius 1 is 1.21 bits per heavy atom. The van der Waals surface area contributed by atoms with Crippen molar-refractivity contribution in [3.05, 3.63) is 51.6 Å². The summed E-state index contributed by atoms with van der Waals surface area (Å²) in [5.41, 5.74) is 5.89. The summed E-state index contributed by atoms with van der Waals surface area (Å²) in [5, 5.41) is 0.556. The molecule has 6 heteroatoms. The molecule has 1 aliphatic rings. The fourth-order valence-corrected chi connectivity index (χ4v) is 4.63. The molecule has 0 N–H and O–H groups in total. The Morgan fingerprint density at radius 2 is 1.86 bits per heavy atom. The number of benzene rings is 1. The Hall–Kier alpha value is -2.27. The molecule has 0 spiro atoms. The minimum absolute atomic E-state index is 0.0508. The quantitative estimate of drug-likeness (QED) is 0.553. The first-order chi connectivity index (χ1) is 13.8. The van der Waals surface area contributed by atoms with Gasteiger partial charge in [0, 0.05) is 19.3 Å². The monoisotopic (exact) mass is 412 g/mol. The van der Waals surface area contributed by atoms with Crippen molar-refractivity contribution in [1.82, 2.24) is 18.9 Å². The van der Waals surface area contributed by atoms with Crippen molar-refractivity contribution in [2.75, 3.05) is 13.1 Å². The summed E-state index contributed by atoms with van der Waals surface area (Å²) >= 11 is 6.67. The van der Waals surface area contributed by atoms with Crippen molar-refractivity contribution in [3.8, 4) is 5.69 Å². The van der Waals surface area contributed by atoms with Crippen molar-refractivity contribution in [1.29, 1.82) is 0 Å². The number of carbonyl (C=O) groups is 1. The molecule has 1 aromatic carbocycles. The topological polar surface area (TPSA) is 42.5 Å². The molecule has 2 heterocycles. The molecular weight excluding hydrogens is 384 g/mol. The van der Waals surface area contributed by atoms with Crippen LogP contribution in [0.25, 0.3) is 11.5 Å².